The molecule has 2 bridgehead atoms. The zero-order valence-corrected chi connectivity index (χ0v) is 29.2. The van der Waals surface area contributed by atoms with Gasteiger partial charge in [0.1, 0.15) is 19.5 Å². The van der Waals surface area contributed by atoms with Gasteiger partial charge in [-0.1, -0.05) is 97.4 Å². The van der Waals surface area contributed by atoms with Gasteiger partial charge < -0.3 is 19.0 Å². The molecule has 0 radical (unpaired) electrons. The third-order valence-electron chi connectivity index (χ3n) is 14.9. The second-order valence-corrected chi connectivity index (χ2v) is 17.2. The standard InChI is InChI=1S/C40H58O5/c1-26(2)28(4)36(5)18-19-38(7)30-14-15-32-37(6)24-43-25-40(32,22-27(3)34(37)44-21-20-41)31(30)16-17-39(38,8)33(36)35(42)45-23-29-12-10-9-11-13-29/h9-13,16,20,26-28,30,32-34H,14-15,17-19,21-25H2,1-8H3/t27-,28-,30+,32+,33-,34+,36-,37-,38-,39+,40+/m1/s1. The Bertz CT molecular complexity index is 1300. The second-order valence-electron chi connectivity index (χ2n) is 17.2. The Morgan fingerprint density at radius 1 is 1.02 bits per heavy atom. The molecule has 5 aliphatic rings. The molecule has 248 valence electrons. The lowest BCUT2D eigenvalue weighted by atomic mass is 9.34. The van der Waals surface area contributed by atoms with Gasteiger partial charge in [-0.05, 0) is 89.9 Å². The number of rotatable bonds is 8. The maximum atomic E-state index is 14.6. The quantitative estimate of drug-likeness (QED) is 0.166. The molecule has 0 unspecified atom stereocenters. The fraction of sp³-hybridized carbons (Fsp3) is 0.750. The molecule has 1 heterocycles. The van der Waals surface area contributed by atoms with E-state index in [4.69, 9.17) is 14.2 Å². The summed E-state index contributed by atoms with van der Waals surface area (Å²) in [5.41, 5.74) is 2.14. The van der Waals surface area contributed by atoms with Gasteiger partial charge >= 0.3 is 5.97 Å². The average molecular weight is 619 g/mol. The molecule has 5 heteroatoms. The van der Waals surface area contributed by atoms with Crippen molar-refractivity contribution in [1.29, 1.82) is 0 Å². The Hall–Kier alpha value is -1.98. The number of esters is 1. The van der Waals surface area contributed by atoms with E-state index in [0.717, 1.165) is 57.0 Å². The molecular weight excluding hydrogens is 560 g/mol. The molecular formula is C40H58O5. The molecule has 1 aromatic rings. The van der Waals surface area contributed by atoms with Crippen LogP contribution in [0.25, 0.3) is 0 Å². The van der Waals surface area contributed by atoms with Crippen LogP contribution in [0.1, 0.15) is 99.5 Å². The smallest absolute Gasteiger partial charge is 0.310 e. The Labute approximate surface area is 272 Å². The largest absolute Gasteiger partial charge is 0.461 e. The van der Waals surface area contributed by atoms with Crippen molar-refractivity contribution in [2.24, 2.45) is 62.6 Å². The van der Waals surface area contributed by atoms with Crippen molar-refractivity contribution < 1.29 is 23.8 Å². The summed E-state index contributed by atoms with van der Waals surface area (Å²) in [4.78, 5) is 25.9. The molecule has 6 rings (SSSR count). The van der Waals surface area contributed by atoms with E-state index in [1.807, 2.05) is 30.3 Å². The number of carbonyl (C=O) groups is 2. The zero-order chi connectivity index (χ0) is 32.4. The van der Waals surface area contributed by atoms with Crippen molar-refractivity contribution in [3.8, 4) is 0 Å². The summed E-state index contributed by atoms with van der Waals surface area (Å²) < 4.78 is 19.1. The SMILES string of the molecule is CC(C)[C@@H](C)[C@@]1(C)CC[C@]2(C)[C@H]3CC[C@@H]4[C@@]5(COC[C@@]4(C)[C@@H](OCC=O)[C@H](C)C5)C3=CC[C@@]2(C)[C@@H]1C(=O)OCc1ccccc1. The highest BCUT2D eigenvalue weighted by Gasteiger charge is 2.71. The van der Waals surface area contributed by atoms with Crippen molar-refractivity contribution in [3.05, 3.63) is 47.5 Å². The van der Waals surface area contributed by atoms with E-state index in [1.165, 1.54) is 0 Å². The van der Waals surface area contributed by atoms with Crippen LogP contribution in [0.3, 0.4) is 0 Å². The fourth-order valence-electron chi connectivity index (χ4n) is 12.3. The van der Waals surface area contributed by atoms with E-state index >= 15 is 0 Å². The molecule has 4 aliphatic carbocycles. The van der Waals surface area contributed by atoms with Crippen molar-refractivity contribution in [2.75, 3.05) is 19.8 Å². The topological polar surface area (TPSA) is 61.8 Å². The number of ether oxygens (including phenoxy) is 3. The second kappa shape index (κ2) is 11.6. The molecule has 11 atom stereocenters. The summed E-state index contributed by atoms with van der Waals surface area (Å²) in [6.45, 7) is 21.0. The minimum atomic E-state index is -0.219. The zero-order valence-electron chi connectivity index (χ0n) is 29.2. The van der Waals surface area contributed by atoms with Gasteiger partial charge in [-0.15, -0.1) is 0 Å². The molecule has 0 aromatic heterocycles. The Kier molecular flexibility index (Phi) is 8.50. The van der Waals surface area contributed by atoms with Crippen LogP contribution in [0, 0.1) is 62.6 Å². The van der Waals surface area contributed by atoms with E-state index in [9.17, 15) is 9.59 Å². The van der Waals surface area contributed by atoms with Gasteiger partial charge in [-0.25, -0.2) is 0 Å². The number of aldehydes is 1. The van der Waals surface area contributed by atoms with Crippen LogP contribution in [0.5, 0.6) is 0 Å². The van der Waals surface area contributed by atoms with Crippen molar-refractivity contribution in [1.82, 2.24) is 0 Å². The van der Waals surface area contributed by atoms with Gasteiger partial charge in [0.05, 0.1) is 25.2 Å². The molecule has 1 aliphatic heterocycles. The van der Waals surface area contributed by atoms with E-state index in [2.05, 4.69) is 61.5 Å². The van der Waals surface area contributed by atoms with Gasteiger partial charge in [0, 0.05) is 10.8 Å². The van der Waals surface area contributed by atoms with Crippen molar-refractivity contribution in [3.63, 3.8) is 0 Å². The molecule has 0 spiro atoms. The van der Waals surface area contributed by atoms with Gasteiger partial charge in [0.25, 0.3) is 0 Å². The lowest BCUT2D eigenvalue weighted by molar-refractivity contribution is -0.249. The predicted octanol–water partition coefficient (Wildman–Crippen LogP) is 8.45. The van der Waals surface area contributed by atoms with E-state index in [0.29, 0.717) is 42.8 Å². The maximum absolute atomic E-state index is 14.6. The summed E-state index contributed by atoms with van der Waals surface area (Å²) in [7, 11) is 0. The first-order valence-electron chi connectivity index (χ1n) is 17.8. The first-order chi connectivity index (χ1) is 21.3. The van der Waals surface area contributed by atoms with E-state index in [1.54, 1.807) is 5.57 Å². The first kappa shape index (κ1) is 32.9. The summed E-state index contributed by atoms with van der Waals surface area (Å²) in [6, 6.07) is 10.1. The maximum Gasteiger partial charge on any atom is 0.310 e. The van der Waals surface area contributed by atoms with Crippen LogP contribution in [0.2, 0.25) is 0 Å². The normalized spacial score (nSPS) is 44.6. The Morgan fingerprint density at radius 3 is 2.44 bits per heavy atom. The van der Waals surface area contributed by atoms with Crippen LogP contribution in [0.4, 0.5) is 0 Å². The van der Waals surface area contributed by atoms with E-state index < -0.39 is 0 Å². The molecule has 4 fully saturated rings. The number of carbonyl (C=O) groups excluding carboxylic acids is 2. The number of benzene rings is 1. The summed E-state index contributed by atoms with van der Waals surface area (Å²) >= 11 is 0. The highest BCUT2D eigenvalue weighted by atomic mass is 16.5. The minimum absolute atomic E-state index is 0.00397. The highest BCUT2D eigenvalue weighted by molar-refractivity contribution is 5.75. The Morgan fingerprint density at radius 2 is 1.76 bits per heavy atom. The number of fused-ring (bicyclic) bond motifs is 3. The van der Waals surface area contributed by atoms with Gasteiger partial charge in [0.15, 0.2) is 0 Å². The summed E-state index contributed by atoms with van der Waals surface area (Å²) in [5.74, 6) is 1.91. The predicted molar refractivity (Wildman–Crippen MR) is 177 cm³/mol. The van der Waals surface area contributed by atoms with Crippen LogP contribution in [-0.4, -0.2) is 38.2 Å². The molecule has 0 amide bonds. The number of allylic oxidation sites excluding steroid dienone is 1. The Balaban J connectivity index is 1.40. The van der Waals surface area contributed by atoms with Gasteiger partial charge in [0.2, 0.25) is 0 Å². The number of hydrogen-bond donors (Lipinski definition) is 0. The number of hydrogen-bond acceptors (Lipinski definition) is 5. The lowest BCUT2D eigenvalue weighted by Crippen LogP contribution is -2.68. The van der Waals surface area contributed by atoms with Crippen LogP contribution >= 0.6 is 0 Å². The lowest BCUT2D eigenvalue weighted by Gasteiger charge is -2.71. The molecule has 0 N–H and O–H groups in total. The summed E-state index contributed by atoms with van der Waals surface area (Å²) in [6.07, 6.45) is 9.89. The van der Waals surface area contributed by atoms with Crippen molar-refractivity contribution in [2.45, 2.75) is 107 Å². The van der Waals surface area contributed by atoms with Gasteiger partial charge in [-0.2, -0.15) is 0 Å². The van der Waals surface area contributed by atoms with Crippen molar-refractivity contribution >= 4 is 12.3 Å². The average Bonchev–Trinajstić information content (AvgIpc) is 3.00. The van der Waals surface area contributed by atoms with Crippen LogP contribution < -0.4 is 0 Å². The van der Waals surface area contributed by atoms with Crippen LogP contribution in [0.15, 0.2) is 42.0 Å². The summed E-state index contributed by atoms with van der Waals surface area (Å²) in [5, 5.41) is 0. The monoisotopic (exact) mass is 618 g/mol. The van der Waals surface area contributed by atoms with Crippen LogP contribution in [-0.2, 0) is 30.4 Å². The highest BCUT2D eigenvalue weighted by Crippen LogP contribution is 2.75. The molecule has 1 aromatic carbocycles. The van der Waals surface area contributed by atoms with Gasteiger partial charge in [-0.3, -0.25) is 4.79 Å². The molecule has 45 heavy (non-hydrogen) atoms. The fourth-order valence-corrected chi connectivity index (χ4v) is 12.3. The molecule has 1 saturated heterocycles. The molecule has 5 nitrogen and oxygen atoms in total. The minimum Gasteiger partial charge on any atom is -0.461 e. The molecule has 3 saturated carbocycles. The first-order valence-corrected chi connectivity index (χ1v) is 17.8. The third-order valence-corrected chi connectivity index (χ3v) is 14.9. The van der Waals surface area contributed by atoms with E-state index in [-0.39, 0.29) is 51.7 Å². The third kappa shape index (κ3) is 4.75.